The number of rotatable bonds is 2. The van der Waals surface area contributed by atoms with Gasteiger partial charge >= 0.3 is 0 Å². The molecule has 1 fully saturated rings. The van der Waals surface area contributed by atoms with Crippen LogP contribution in [0.4, 0.5) is 11.5 Å². The van der Waals surface area contributed by atoms with Crippen molar-refractivity contribution < 1.29 is 0 Å². The molecule has 0 bridgehead atoms. The summed E-state index contributed by atoms with van der Waals surface area (Å²) in [6.07, 6.45) is 5.08. The van der Waals surface area contributed by atoms with Crippen LogP contribution in [0.25, 0.3) is 16.6 Å². The van der Waals surface area contributed by atoms with Crippen LogP contribution in [0.2, 0.25) is 0 Å². The molecule has 3 aromatic heterocycles. The maximum Gasteiger partial charge on any atom is 0.177 e. The predicted molar refractivity (Wildman–Crippen MR) is 94.7 cm³/mol. The summed E-state index contributed by atoms with van der Waals surface area (Å²) >= 11 is 0. The fourth-order valence-electron chi connectivity index (χ4n) is 3.25. The minimum absolute atomic E-state index is 0.765. The van der Waals surface area contributed by atoms with Crippen molar-refractivity contribution in [3.63, 3.8) is 0 Å². The SMILES string of the molecule is c1ncc2cc(N3CCN(c4ccc5nncn5n4)CC3)ccc2n1. The van der Waals surface area contributed by atoms with Gasteiger partial charge in [0, 0.05) is 43.4 Å². The van der Waals surface area contributed by atoms with E-state index in [-0.39, 0.29) is 0 Å². The van der Waals surface area contributed by atoms with Crippen molar-refractivity contribution in [1.29, 1.82) is 0 Å². The van der Waals surface area contributed by atoms with E-state index in [0.717, 1.165) is 48.5 Å². The van der Waals surface area contributed by atoms with Crippen LogP contribution >= 0.6 is 0 Å². The summed E-state index contributed by atoms with van der Waals surface area (Å²) < 4.78 is 1.71. The Kier molecular flexibility index (Phi) is 3.19. The van der Waals surface area contributed by atoms with Gasteiger partial charge in [0.05, 0.1) is 5.52 Å². The lowest BCUT2D eigenvalue weighted by atomic mass is 10.2. The second kappa shape index (κ2) is 5.66. The van der Waals surface area contributed by atoms with Crippen LogP contribution in [-0.2, 0) is 0 Å². The molecule has 0 amide bonds. The first-order chi connectivity index (χ1) is 12.4. The first-order valence-corrected chi connectivity index (χ1v) is 8.23. The topological polar surface area (TPSA) is 75.3 Å². The minimum Gasteiger partial charge on any atom is -0.368 e. The Labute approximate surface area is 143 Å². The van der Waals surface area contributed by atoms with Gasteiger partial charge in [0.15, 0.2) is 5.65 Å². The number of hydrogen-bond donors (Lipinski definition) is 0. The molecule has 8 heteroatoms. The average Bonchev–Trinajstić information content (AvgIpc) is 3.15. The van der Waals surface area contributed by atoms with Gasteiger partial charge in [-0.15, -0.1) is 15.3 Å². The normalized spacial score (nSPS) is 15.2. The Balaban J connectivity index is 1.34. The molecule has 1 saturated heterocycles. The van der Waals surface area contributed by atoms with Crippen LogP contribution in [0.15, 0.2) is 49.2 Å². The molecule has 0 spiro atoms. The molecule has 0 unspecified atom stereocenters. The van der Waals surface area contributed by atoms with E-state index in [1.807, 2.05) is 18.3 Å². The van der Waals surface area contributed by atoms with Crippen molar-refractivity contribution in [3.8, 4) is 0 Å². The molecule has 1 aromatic carbocycles. The second-order valence-electron chi connectivity index (χ2n) is 6.07. The van der Waals surface area contributed by atoms with E-state index in [4.69, 9.17) is 0 Å². The number of benzene rings is 1. The lowest BCUT2D eigenvalue weighted by Crippen LogP contribution is -2.47. The standard InChI is InChI=1S/C17H16N8/c1-2-15-13(10-18-11-19-15)9-14(1)23-5-7-24(8-6-23)17-4-3-16-21-20-12-25(16)22-17/h1-4,9-12H,5-8H2. The average molecular weight is 332 g/mol. The molecular weight excluding hydrogens is 316 g/mol. The molecule has 25 heavy (non-hydrogen) atoms. The van der Waals surface area contributed by atoms with Crippen molar-refractivity contribution in [1.82, 2.24) is 29.8 Å². The minimum atomic E-state index is 0.765. The molecule has 124 valence electrons. The number of nitrogens with zero attached hydrogens (tertiary/aromatic N) is 8. The molecule has 5 rings (SSSR count). The first kappa shape index (κ1) is 14.1. The van der Waals surface area contributed by atoms with Gasteiger partial charge < -0.3 is 9.80 Å². The summed E-state index contributed by atoms with van der Waals surface area (Å²) in [5.41, 5.74) is 2.95. The van der Waals surface area contributed by atoms with Gasteiger partial charge in [-0.1, -0.05) is 0 Å². The summed E-state index contributed by atoms with van der Waals surface area (Å²) in [5.74, 6) is 0.957. The monoisotopic (exact) mass is 332 g/mol. The zero-order valence-corrected chi connectivity index (χ0v) is 13.5. The zero-order valence-electron chi connectivity index (χ0n) is 13.5. The van der Waals surface area contributed by atoms with E-state index < -0.39 is 0 Å². The summed E-state index contributed by atoms with van der Waals surface area (Å²) in [4.78, 5) is 13.1. The molecule has 4 heterocycles. The molecule has 0 atom stereocenters. The van der Waals surface area contributed by atoms with Gasteiger partial charge in [-0.2, -0.15) is 4.52 Å². The molecular formula is C17H16N8. The van der Waals surface area contributed by atoms with Crippen molar-refractivity contribution in [2.75, 3.05) is 36.0 Å². The molecule has 1 aliphatic rings. The Morgan fingerprint density at radius 3 is 2.72 bits per heavy atom. The highest BCUT2D eigenvalue weighted by molar-refractivity contribution is 5.81. The number of fused-ring (bicyclic) bond motifs is 2. The van der Waals surface area contributed by atoms with E-state index in [9.17, 15) is 0 Å². The van der Waals surface area contributed by atoms with E-state index in [1.165, 1.54) is 5.69 Å². The molecule has 4 aromatic rings. The van der Waals surface area contributed by atoms with Gasteiger partial charge in [-0.3, -0.25) is 0 Å². The third kappa shape index (κ3) is 2.51. The van der Waals surface area contributed by atoms with Gasteiger partial charge in [0.2, 0.25) is 0 Å². The van der Waals surface area contributed by atoms with Gasteiger partial charge in [0.1, 0.15) is 18.5 Å². The van der Waals surface area contributed by atoms with Gasteiger partial charge in [0.25, 0.3) is 0 Å². The van der Waals surface area contributed by atoms with Crippen LogP contribution in [0.1, 0.15) is 0 Å². The van der Waals surface area contributed by atoms with Crippen molar-refractivity contribution in [2.45, 2.75) is 0 Å². The summed E-state index contributed by atoms with van der Waals surface area (Å²) in [6.45, 7) is 3.73. The largest absolute Gasteiger partial charge is 0.368 e. The predicted octanol–water partition coefficient (Wildman–Crippen LogP) is 1.39. The number of anilines is 2. The quantitative estimate of drug-likeness (QED) is 0.549. The summed E-state index contributed by atoms with van der Waals surface area (Å²) in [6, 6.07) is 10.3. The maximum absolute atomic E-state index is 4.58. The second-order valence-corrected chi connectivity index (χ2v) is 6.07. The van der Waals surface area contributed by atoms with Gasteiger partial charge in [-0.05, 0) is 30.3 Å². The van der Waals surface area contributed by atoms with E-state index in [0.29, 0.717) is 0 Å². The van der Waals surface area contributed by atoms with E-state index in [2.05, 4.69) is 53.3 Å². The third-order valence-corrected chi connectivity index (χ3v) is 4.60. The molecule has 0 radical (unpaired) electrons. The highest BCUT2D eigenvalue weighted by Gasteiger charge is 2.19. The van der Waals surface area contributed by atoms with Crippen LogP contribution in [-0.4, -0.2) is 56.0 Å². The number of hydrogen-bond acceptors (Lipinski definition) is 7. The third-order valence-electron chi connectivity index (χ3n) is 4.60. The number of piperazine rings is 1. The highest BCUT2D eigenvalue weighted by Crippen LogP contribution is 2.22. The number of aromatic nitrogens is 6. The lowest BCUT2D eigenvalue weighted by Gasteiger charge is -2.36. The fourth-order valence-corrected chi connectivity index (χ4v) is 3.25. The Hall–Kier alpha value is -3.29. The molecule has 0 N–H and O–H groups in total. The molecule has 0 saturated carbocycles. The Morgan fingerprint density at radius 1 is 0.920 bits per heavy atom. The van der Waals surface area contributed by atoms with Crippen molar-refractivity contribution >= 4 is 28.1 Å². The molecule has 1 aliphatic heterocycles. The van der Waals surface area contributed by atoms with Crippen LogP contribution in [0.3, 0.4) is 0 Å². The van der Waals surface area contributed by atoms with E-state index >= 15 is 0 Å². The molecule has 0 aliphatic carbocycles. The fraction of sp³-hybridized carbons (Fsp3) is 0.235. The maximum atomic E-state index is 4.58. The lowest BCUT2D eigenvalue weighted by molar-refractivity contribution is 0.642. The first-order valence-electron chi connectivity index (χ1n) is 8.23. The zero-order chi connectivity index (χ0) is 16.6. The van der Waals surface area contributed by atoms with Crippen LogP contribution < -0.4 is 9.80 Å². The Bertz CT molecular complexity index is 1030. The van der Waals surface area contributed by atoms with E-state index in [1.54, 1.807) is 17.2 Å². The molecule has 8 nitrogen and oxygen atoms in total. The van der Waals surface area contributed by atoms with Crippen molar-refractivity contribution in [3.05, 3.63) is 49.2 Å². The summed E-state index contributed by atoms with van der Waals surface area (Å²) in [7, 11) is 0. The summed E-state index contributed by atoms with van der Waals surface area (Å²) in [5, 5.41) is 13.5. The van der Waals surface area contributed by atoms with Crippen LogP contribution in [0.5, 0.6) is 0 Å². The van der Waals surface area contributed by atoms with Crippen LogP contribution in [0, 0.1) is 0 Å². The Morgan fingerprint density at radius 2 is 1.80 bits per heavy atom. The van der Waals surface area contributed by atoms with Gasteiger partial charge in [-0.25, -0.2) is 9.97 Å². The van der Waals surface area contributed by atoms with Crippen molar-refractivity contribution in [2.24, 2.45) is 0 Å². The highest BCUT2D eigenvalue weighted by atomic mass is 15.4. The smallest absolute Gasteiger partial charge is 0.177 e.